The molecule has 0 bridgehead atoms. The monoisotopic (exact) mass is 579 g/mol. The molecule has 12 heteroatoms. The van der Waals surface area contributed by atoms with E-state index in [1.165, 1.54) is 11.8 Å². The Hall–Kier alpha value is -2.43. The fraction of sp³-hybridized carbons (Fsp3) is 0.538. The van der Waals surface area contributed by atoms with Crippen LogP contribution in [0.15, 0.2) is 35.5 Å². The lowest BCUT2D eigenvalue weighted by Gasteiger charge is -2.41. The van der Waals surface area contributed by atoms with Gasteiger partial charge in [-0.05, 0) is 39.8 Å². The Morgan fingerprint density at radius 3 is 2.37 bits per heavy atom. The first-order valence-electron chi connectivity index (χ1n) is 12.8. The van der Waals surface area contributed by atoms with Crippen LogP contribution in [0, 0.1) is 0 Å². The highest BCUT2D eigenvalue weighted by Crippen LogP contribution is 2.27. The Labute approximate surface area is 238 Å². The van der Waals surface area contributed by atoms with Crippen molar-refractivity contribution in [1.29, 1.82) is 0 Å². The predicted molar refractivity (Wildman–Crippen MR) is 155 cm³/mol. The van der Waals surface area contributed by atoms with E-state index in [2.05, 4.69) is 25.1 Å². The number of carbonyl (C=O) groups excluding carboxylic acids is 2. The number of hydrogen-bond donors (Lipinski definition) is 1. The molecule has 2 aromatic rings. The standard InChI is InChI=1S/C26H35Cl2N7O2S/c1-18-16-34(13-14-35(18)25(37)31-26(2,3)4)22-15-21(28)29-24(30-22)38-17-23(36)33-11-9-32(10-12-33)20-8-6-5-7-19(20)27/h5-8,15,18H,9-14,16-17H2,1-4H3,(H,31,37). The first-order chi connectivity index (χ1) is 18.0. The van der Waals surface area contributed by atoms with Crippen molar-refractivity contribution >= 4 is 58.4 Å². The summed E-state index contributed by atoms with van der Waals surface area (Å²) in [7, 11) is 0. The van der Waals surface area contributed by atoms with E-state index < -0.39 is 0 Å². The SMILES string of the molecule is CC1CN(c2cc(Cl)nc(SCC(=O)N3CCN(c4ccccc4Cl)CC3)n2)CCN1C(=O)NC(C)(C)C. The first-order valence-corrected chi connectivity index (χ1v) is 14.5. The van der Waals surface area contributed by atoms with E-state index >= 15 is 0 Å². The average molecular weight is 581 g/mol. The van der Waals surface area contributed by atoms with Crippen molar-refractivity contribution in [2.75, 3.05) is 61.4 Å². The van der Waals surface area contributed by atoms with Gasteiger partial charge in [-0.1, -0.05) is 47.1 Å². The minimum atomic E-state index is -0.291. The van der Waals surface area contributed by atoms with Gasteiger partial charge in [0.25, 0.3) is 0 Å². The van der Waals surface area contributed by atoms with Crippen LogP contribution in [0.1, 0.15) is 27.7 Å². The maximum Gasteiger partial charge on any atom is 0.318 e. The van der Waals surface area contributed by atoms with Crippen LogP contribution >= 0.6 is 35.0 Å². The summed E-state index contributed by atoms with van der Waals surface area (Å²) in [6.45, 7) is 12.5. The highest BCUT2D eigenvalue weighted by Gasteiger charge is 2.30. The van der Waals surface area contributed by atoms with Gasteiger partial charge in [-0.2, -0.15) is 0 Å². The van der Waals surface area contributed by atoms with Crippen LogP contribution in [0.4, 0.5) is 16.3 Å². The Balaban J connectivity index is 1.30. The third kappa shape index (κ3) is 7.36. The van der Waals surface area contributed by atoms with Gasteiger partial charge in [0.2, 0.25) is 5.91 Å². The van der Waals surface area contributed by atoms with Crippen molar-refractivity contribution in [2.45, 2.75) is 44.4 Å². The average Bonchev–Trinajstić information content (AvgIpc) is 2.86. The number of nitrogens with zero attached hydrogens (tertiary/aromatic N) is 6. The van der Waals surface area contributed by atoms with E-state index in [-0.39, 0.29) is 29.3 Å². The van der Waals surface area contributed by atoms with Gasteiger partial charge in [-0.25, -0.2) is 14.8 Å². The normalized spacial score (nSPS) is 18.5. The molecule has 38 heavy (non-hydrogen) atoms. The van der Waals surface area contributed by atoms with Crippen LogP contribution in [-0.4, -0.2) is 94.9 Å². The van der Waals surface area contributed by atoms with Gasteiger partial charge in [0.15, 0.2) is 5.16 Å². The van der Waals surface area contributed by atoms with E-state index in [4.69, 9.17) is 23.2 Å². The van der Waals surface area contributed by atoms with Gasteiger partial charge in [0.1, 0.15) is 11.0 Å². The number of carbonyl (C=O) groups is 2. The molecular formula is C26H35Cl2N7O2S. The summed E-state index contributed by atoms with van der Waals surface area (Å²) in [6.07, 6.45) is 0. The Morgan fingerprint density at radius 1 is 1.03 bits per heavy atom. The molecule has 1 unspecified atom stereocenters. The summed E-state index contributed by atoms with van der Waals surface area (Å²) in [4.78, 5) is 42.6. The van der Waals surface area contributed by atoms with Crippen LogP contribution in [0.2, 0.25) is 10.2 Å². The highest BCUT2D eigenvalue weighted by molar-refractivity contribution is 7.99. The number of benzene rings is 1. The minimum Gasteiger partial charge on any atom is -0.367 e. The van der Waals surface area contributed by atoms with Gasteiger partial charge < -0.3 is 24.9 Å². The molecule has 2 fully saturated rings. The molecule has 1 N–H and O–H groups in total. The maximum absolute atomic E-state index is 12.9. The van der Waals surface area contributed by atoms with Gasteiger partial charge in [-0.15, -0.1) is 0 Å². The van der Waals surface area contributed by atoms with Crippen molar-refractivity contribution < 1.29 is 9.59 Å². The summed E-state index contributed by atoms with van der Waals surface area (Å²) < 4.78 is 0. The van der Waals surface area contributed by atoms with Crippen LogP contribution in [0.5, 0.6) is 0 Å². The van der Waals surface area contributed by atoms with Gasteiger partial charge in [0.05, 0.1) is 16.5 Å². The topological polar surface area (TPSA) is 84.9 Å². The number of thioether (sulfide) groups is 1. The predicted octanol–water partition coefficient (Wildman–Crippen LogP) is 4.24. The molecule has 0 saturated carbocycles. The van der Waals surface area contributed by atoms with Crippen molar-refractivity contribution in [2.24, 2.45) is 0 Å². The quantitative estimate of drug-likeness (QED) is 0.322. The first kappa shape index (κ1) is 28.6. The van der Waals surface area contributed by atoms with E-state index in [1.807, 2.05) is 61.8 Å². The molecule has 0 radical (unpaired) electrons. The Bertz CT molecular complexity index is 1150. The van der Waals surface area contributed by atoms with E-state index in [9.17, 15) is 9.59 Å². The van der Waals surface area contributed by atoms with E-state index in [0.29, 0.717) is 48.9 Å². The molecule has 2 saturated heterocycles. The lowest BCUT2D eigenvalue weighted by Crippen LogP contribution is -2.59. The second-order valence-corrected chi connectivity index (χ2v) is 12.3. The number of piperazine rings is 2. The second-order valence-electron chi connectivity index (χ2n) is 10.6. The smallest absolute Gasteiger partial charge is 0.318 e. The van der Waals surface area contributed by atoms with Gasteiger partial charge in [0, 0.05) is 63.5 Å². The number of aromatic nitrogens is 2. The second kappa shape index (κ2) is 12.2. The molecule has 2 aliphatic heterocycles. The zero-order valence-electron chi connectivity index (χ0n) is 22.3. The van der Waals surface area contributed by atoms with Crippen LogP contribution in [0.25, 0.3) is 0 Å². The Kier molecular flexibility index (Phi) is 9.15. The lowest BCUT2D eigenvalue weighted by atomic mass is 10.1. The highest BCUT2D eigenvalue weighted by atomic mass is 35.5. The molecule has 3 heterocycles. The van der Waals surface area contributed by atoms with Gasteiger partial charge in [-0.3, -0.25) is 4.79 Å². The van der Waals surface area contributed by atoms with Crippen molar-refractivity contribution in [1.82, 2.24) is 25.1 Å². The number of rotatable bonds is 5. The number of amides is 3. The maximum atomic E-state index is 12.9. The molecular weight excluding hydrogens is 545 g/mol. The zero-order chi connectivity index (χ0) is 27.4. The number of anilines is 2. The lowest BCUT2D eigenvalue weighted by molar-refractivity contribution is -0.128. The van der Waals surface area contributed by atoms with Crippen molar-refractivity contribution in [3.63, 3.8) is 0 Å². The molecule has 4 rings (SSSR count). The number of nitrogens with one attached hydrogen (secondary N) is 1. The number of halogens is 2. The fourth-order valence-electron chi connectivity index (χ4n) is 4.59. The summed E-state index contributed by atoms with van der Waals surface area (Å²) in [5, 5.41) is 4.56. The third-order valence-corrected chi connectivity index (χ3v) is 7.85. The molecule has 0 aliphatic carbocycles. The molecule has 3 amide bonds. The van der Waals surface area contributed by atoms with Crippen LogP contribution < -0.4 is 15.1 Å². The van der Waals surface area contributed by atoms with E-state index in [1.54, 1.807) is 6.07 Å². The third-order valence-electron chi connectivity index (χ3n) is 6.51. The van der Waals surface area contributed by atoms with E-state index in [0.717, 1.165) is 23.8 Å². The summed E-state index contributed by atoms with van der Waals surface area (Å²) in [5.74, 6) is 0.991. The van der Waals surface area contributed by atoms with Crippen molar-refractivity contribution in [3.05, 3.63) is 40.5 Å². The number of hydrogen-bond acceptors (Lipinski definition) is 7. The molecule has 9 nitrogen and oxygen atoms in total. The molecule has 2 aliphatic rings. The van der Waals surface area contributed by atoms with Crippen LogP contribution in [-0.2, 0) is 4.79 Å². The molecule has 1 atom stereocenters. The van der Waals surface area contributed by atoms with Crippen molar-refractivity contribution in [3.8, 4) is 0 Å². The molecule has 206 valence electrons. The fourth-order valence-corrected chi connectivity index (χ4v) is 5.83. The molecule has 1 aromatic carbocycles. The molecule has 1 aromatic heterocycles. The zero-order valence-corrected chi connectivity index (χ0v) is 24.6. The number of para-hydroxylation sites is 1. The Morgan fingerprint density at radius 2 is 1.71 bits per heavy atom. The van der Waals surface area contributed by atoms with Gasteiger partial charge >= 0.3 is 6.03 Å². The summed E-state index contributed by atoms with van der Waals surface area (Å²) >= 11 is 14.0. The summed E-state index contributed by atoms with van der Waals surface area (Å²) in [5.41, 5.74) is 0.710. The number of urea groups is 1. The van der Waals surface area contributed by atoms with Crippen LogP contribution in [0.3, 0.4) is 0 Å². The summed E-state index contributed by atoms with van der Waals surface area (Å²) in [6, 6.07) is 9.45. The minimum absolute atomic E-state index is 0.00181. The largest absolute Gasteiger partial charge is 0.367 e. The molecule has 0 spiro atoms.